The number of thiocarbonyl (C=S) groups is 1. The molecule has 1 aromatic rings. The number of allylic oxidation sites excluding steroid dienone is 1. The highest BCUT2D eigenvalue weighted by molar-refractivity contribution is 7.80. The summed E-state index contributed by atoms with van der Waals surface area (Å²) in [6.45, 7) is 2.57. The SMILES string of the molecule is COCCOC(=O)C1=C(C)N(C)C(=S)NC1c1ccc2c(c1)OCO2. The van der Waals surface area contributed by atoms with Gasteiger partial charge >= 0.3 is 5.97 Å². The van der Waals surface area contributed by atoms with Crippen molar-refractivity contribution in [1.29, 1.82) is 0 Å². The number of hydrogen-bond acceptors (Lipinski definition) is 6. The molecule has 1 atom stereocenters. The molecule has 0 amide bonds. The Labute approximate surface area is 151 Å². The number of esters is 1. The van der Waals surface area contributed by atoms with E-state index in [9.17, 15) is 4.79 Å². The lowest BCUT2D eigenvalue weighted by atomic mass is 9.95. The Morgan fingerprint density at radius 2 is 2.12 bits per heavy atom. The van der Waals surface area contributed by atoms with Crippen molar-refractivity contribution in [2.24, 2.45) is 0 Å². The van der Waals surface area contributed by atoms with Gasteiger partial charge in [-0.05, 0) is 36.8 Å². The van der Waals surface area contributed by atoms with E-state index in [1.807, 2.05) is 32.2 Å². The number of nitrogens with one attached hydrogen (secondary N) is 1. The quantitative estimate of drug-likeness (QED) is 0.481. The van der Waals surface area contributed by atoms with Crippen LogP contribution in [0.4, 0.5) is 0 Å². The van der Waals surface area contributed by atoms with Gasteiger partial charge < -0.3 is 29.2 Å². The summed E-state index contributed by atoms with van der Waals surface area (Å²) in [7, 11) is 3.37. The number of hydrogen-bond donors (Lipinski definition) is 1. The first-order valence-electron chi connectivity index (χ1n) is 7.83. The highest BCUT2D eigenvalue weighted by Gasteiger charge is 2.34. The Bertz CT molecular complexity index is 734. The van der Waals surface area contributed by atoms with Gasteiger partial charge in [-0.3, -0.25) is 0 Å². The van der Waals surface area contributed by atoms with Gasteiger partial charge in [-0.2, -0.15) is 0 Å². The zero-order chi connectivity index (χ0) is 18.0. The van der Waals surface area contributed by atoms with Crippen LogP contribution in [0.25, 0.3) is 0 Å². The number of carbonyl (C=O) groups is 1. The Balaban J connectivity index is 1.94. The molecule has 0 aromatic heterocycles. The lowest BCUT2D eigenvalue weighted by molar-refractivity contribution is -0.140. The van der Waals surface area contributed by atoms with Crippen LogP contribution in [0.5, 0.6) is 11.5 Å². The molecule has 25 heavy (non-hydrogen) atoms. The molecule has 3 rings (SSSR count). The maximum Gasteiger partial charge on any atom is 0.338 e. The number of fused-ring (bicyclic) bond motifs is 1. The third-order valence-electron chi connectivity index (χ3n) is 4.22. The summed E-state index contributed by atoms with van der Waals surface area (Å²) >= 11 is 5.38. The molecule has 0 spiro atoms. The van der Waals surface area contributed by atoms with E-state index in [0.717, 1.165) is 11.3 Å². The van der Waals surface area contributed by atoms with Gasteiger partial charge in [0.15, 0.2) is 16.6 Å². The Morgan fingerprint density at radius 1 is 1.36 bits per heavy atom. The van der Waals surface area contributed by atoms with Crippen LogP contribution in [0.1, 0.15) is 18.5 Å². The second kappa shape index (κ2) is 7.28. The van der Waals surface area contributed by atoms with E-state index in [4.69, 9.17) is 31.2 Å². The van der Waals surface area contributed by atoms with Crippen molar-refractivity contribution in [3.63, 3.8) is 0 Å². The van der Waals surface area contributed by atoms with Crippen molar-refractivity contribution in [3.8, 4) is 11.5 Å². The van der Waals surface area contributed by atoms with Crippen LogP contribution in [0.3, 0.4) is 0 Å². The molecule has 0 fully saturated rings. The molecular weight excluding hydrogens is 344 g/mol. The summed E-state index contributed by atoms with van der Waals surface area (Å²) in [5, 5.41) is 3.73. The molecule has 0 saturated heterocycles. The molecule has 1 aromatic carbocycles. The molecule has 134 valence electrons. The maximum absolute atomic E-state index is 12.7. The topological polar surface area (TPSA) is 69.3 Å². The zero-order valence-electron chi connectivity index (χ0n) is 14.3. The van der Waals surface area contributed by atoms with E-state index in [1.165, 1.54) is 0 Å². The Morgan fingerprint density at radius 3 is 2.88 bits per heavy atom. The molecule has 1 N–H and O–H groups in total. The lowest BCUT2D eigenvalue weighted by Gasteiger charge is -2.35. The van der Waals surface area contributed by atoms with E-state index in [-0.39, 0.29) is 13.4 Å². The number of rotatable bonds is 5. The van der Waals surface area contributed by atoms with Gasteiger partial charge in [-0.25, -0.2) is 4.79 Å². The number of methoxy groups -OCH3 is 1. The second-order valence-electron chi connectivity index (χ2n) is 5.68. The highest BCUT2D eigenvalue weighted by Crippen LogP contribution is 2.37. The van der Waals surface area contributed by atoms with Crippen molar-refractivity contribution in [1.82, 2.24) is 10.2 Å². The summed E-state index contributed by atoms with van der Waals surface area (Å²) in [4.78, 5) is 14.4. The first kappa shape index (κ1) is 17.5. The summed E-state index contributed by atoms with van der Waals surface area (Å²) in [6, 6.07) is 5.14. The van der Waals surface area contributed by atoms with Crippen molar-refractivity contribution < 1.29 is 23.7 Å². The van der Waals surface area contributed by atoms with E-state index in [1.54, 1.807) is 12.0 Å². The molecule has 0 bridgehead atoms. The Hall–Kier alpha value is -2.32. The van der Waals surface area contributed by atoms with Gasteiger partial charge in [-0.1, -0.05) is 6.07 Å². The second-order valence-corrected chi connectivity index (χ2v) is 6.07. The van der Waals surface area contributed by atoms with Crippen LogP contribution in [0.15, 0.2) is 29.5 Å². The molecule has 7 nitrogen and oxygen atoms in total. The average Bonchev–Trinajstić information content (AvgIpc) is 3.07. The minimum absolute atomic E-state index is 0.189. The fourth-order valence-electron chi connectivity index (χ4n) is 2.74. The van der Waals surface area contributed by atoms with Gasteiger partial charge in [0.05, 0.1) is 18.2 Å². The summed E-state index contributed by atoms with van der Waals surface area (Å²) in [5.41, 5.74) is 2.10. The van der Waals surface area contributed by atoms with Crippen LogP contribution in [-0.2, 0) is 14.3 Å². The van der Waals surface area contributed by atoms with E-state index in [2.05, 4.69) is 5.32 Å². The highest BCUT2D eigenvalue weighted by atomic mass is 32.1. The van der Waals surface area contributed by atoms with Crippen LogP contribution in [0.2, 0.25) is 0 Å². The molecular formula is C17H20N2O5S. The fourth-order valence-corrected chi connectivity index (χ4v) is 2.99. The fraction of sp³-hybridized carbons (Fsp3) is 0.412. The number of ether oxygens (including phenoxy) is 4. The predicted molar refractivity (Wildman–Crippen MR) is 94.3 cm³/mol. The Kier molecular flexibility index (Phi) is 5.10. The third kappa shape index (κ3) is 3.40. The molecule has 0 radical (unpaired) electrons. The number of nitrogens with zero attached hydrogens (tertiary/aromatic N) is 1. The van der Waals surface area contributed by atoms with E-state index >= 15 is 0 Å². The smallest absolute Gasteiger partial charge is 0.338 e. The maximum atomic E-state index is 12.7. The minimum atomic E-state index is -0.423. The normalized spacial score (nSPS) is 19.1. The minimum Gasteiger partial charge on any atom is -0.460 e. The van der Waals surface area contributed by atoms with Crippen molar-refractivity contribution >= 4 is 23.3 Å². The van der Waals surface area contributed by atoms with Crippen LogP contribution in [-0.4, -0.2) is 50.1 Å². The first-order valence-corrected chi connectivity index (χ1v) is 8.24. The zero-order valence-corrected chi connectivity index (χ0v) is 15.1. The van der Waals surface area contributed by atoms with Crippen LogP contribution >= 0.6 is 12.2 Å². The number of benzene rings is 1. The predicted octanol–water partition coefficient (Wildman–Crippen LogP) is 1.74. The van der Waals surface area contributed by atoms with Crippen molar-refractivity contribution in [2.45, 2.75) is 13.0 Å². The van der Waals surface area contributed by atoms with E-state index < -0.39 is 12.0 Å². The average molecular weight is 364 g/mol. The molecule has 0 saturated carbocycles. The molecule has 2 heterocycles. The largest absolute Gasteiger partial charge is 0.460 e. The summed E-state index contributed by atoms with van der Waals surface area (Å²) in [6.07, 6.45) is 0. The number of carbonyl (C=O) groups excluding carboxylic acids is 1. The first-order chi connectivity index (χ1) is 12.0. The molecule has 2 aliphatic rings. The van der Waals surface area contributed by atoms with Gasteiger partial charge in [0, 0.05) is 19.9 Å². The molecule has 1 unspecified atom stereocenters. The van der Waals surface area contributed by atoms with Gasteiger partial charge in [0.1, 0.15) is 6.61 Å². The van der Waals surface area contributed by atoms with Crippen LogP contribution < -0.4 is 14.8 Å². The standard InChI is InChI=1S/C17H20N2O5S/c1-10-14(16(20)22-7-6-21-3)15(18-17(25)19(10)2)11-4-5-12-13(8-11)24-9-23-12/h4-5,8,15H,6-7,9H2,1-3H3,(H,18,25). The van der Waals surface area contributed by atoms with E-state index in [0.29, 0.717) is 28.8 Å². The summed E-state index contributed by atoms with van der Waals surface area (Å²) in [5.74, 6) is 0.928. The summed E-state index contributed by atoms with van der Waals surface area (Å²) < 4.78 is 21.1. The molecule has 2 aliphatic heterocycles. The molecule has 0 aliphatic carbocycles. The van der Waals surface area contributed by atoms with Gasteiger partial charge in [-0.15, -0.1) is 0 Å². The van der Waals surface area contributed by atoms with Gasteiger partial charge in [0.25, 0.3) is 0 Å². The van der Waals surface area contributed by atoms with Crippen LogP contribution in [0, 0.1) is 0 Å². The van der Waals surface area contributed by atoms with Crippen molar-refractivity contribution in [2.75, 3.05) is 34.2 Å². The lowest BCUT2D eigenvalue weighted by Crippen LogP contribution is -2.46. The molecule has 8 heteroatoms. The van der Waals surface area contributed by atoms with Gasteiger partial charge in [0.2, 0.25) is 6.79 Å². The van der Waals surface area contributed by atoms with Crippen molar-refractivity contribution in [3.05, 3.63) is 35.0 Å². The third-order valence-corrected chi connectivity index (χ3v) is 4.62. The monoisotopic (exact) mass is 364 g/mol.